The second-order valence-electron chi connectivity index (χ2n) is 3.50. The molecule has 0 radical (unpaired) electrons. The van der Waals surface area contributed by atoms with Crippen molar-refractivity contribution in [1.82, 2.24) is 0 Å². The molecule has 0 fully saturated rings. The van der Waals surface area contributed by atoms with E-state index in [1.807, 2.05) is 0 Å². The van der Waals surface area contributed by atoms with Crippen molar-refractivity contribution in [2.45, 2.75) is 0 Å². The monoisotopic (exact) mass is 201 g/mol. The Bertz CT molecular complexity index is 601. The van der Waals surface area contributed by atoms with E-state index >= 15 is 0 Å². The van der Waals surface area contributed by atoms with E-state index < -0.39 is 0 Å². The summed E-state index contributed by atoms with van der Waals surface area (Å²) in [7, 11) is 0. The van der Waals surface area contributed by atoms with Gasteiger partial charge in [0.15, 0.2) is 0 Å². The molecule has 0 amide bonds. The third-order valence-electron chi connectivity index (χ3n) is 2.46. The first kappa shape index (κ1) is 8.29. The van der Waals surface area contributed by atoms with Crippen molar-refractivity contribution >= 4 is 27.6 Å². The molecular formula is C12H8FNO. The lowest BCUT2D eigenvalue weighted by molar-refractivity contribution is 0.626. The van der Waals surface area contributed by atoms with Gasteiger partial charge >= 0.3 is 0 Å². The summed E-state index contributed by atoms with van der Waals surface area (Å²) in [4.78, 5) is 0. The van der Waals surface area contributed by atoms with Gasteiger partial charge in [0.1, 0.15) is 17.0 Å². The fraction of sp³-hybridized carbons (Fsp3) is 0. The van der Waals surface area contributed by atoms with Gasteiger partial charge in [0.25, 0.3) is 0 Å². The Balaban J connectivity index is 2.55. The normalized spacial score (nSPS) is 11.3. The quantitative estimate of drug-likeness (QED) is 0.567. The Morgan fingerprint density at radius 1 is 0.933 bits per heavy atom. The molecule has 0 aliphatic rings. The number of hydrogen-bond donors (Lipinski definition) is 1. The Morgan fingerprint density at radius 3 is 2.40 bits per heavy atom. The van der Waals surface area contributed by atoms with Gasteiger partial charge in [0, 0.05) is 16.5 Å². The molecule has 0 spiro atoms. The van der Waals surface area contributed by atoms with Crippen LogP contribution in [0.4, 0.5) is 10.1 Å². The number of hydrogen-bond acceptors (Lipinski definition) is 2. The largest absolute Gasteiger partial charge is 0.456 e. The molecule has 0 aliphatic heterocycles. The molecule has 3 aromatic rings. The van der Waals surface area contributed by atoms with Crippen LogP contribution in [0.15, 0.2) is 40.8 Å². The van der Waals surface area contributed by atoms with Crippen LogP contribution in [0, 0.1) is 5.82 Å². The van der Waals surface area contributed by atoms with Crippen LogP contribution in [-0.2, 0) is 0 Å². The van der Waals surface area contributed by atoms with Crippen LogP contribution in [0.3, 0.4) is 0 Å². The number of rotatable bonds is 0. The third kappa shape index (κ3) is 1.16. The van der Waals surface area contributed by atoms with E-state index in [-0.39, 0.29) is 5.82 Å². The van der Waals surface area contributed by atoms with Crippen LogP contribution in [-0.4, -0.2) is 0 Å². The molecular weight excluding hydrogens is 193 g/mol. The second-order valence-corrected chi connectivity index (χ2v) is 3.50. The fourth-order valence-corrected chi connectivity index (χ4v) is 1.77. The highest BCUT2D eigenvalue weighted by Crippen LogP contribution is 2.30. The predicted molar refractivity (Wildman–Crippen MR) is 58.1 cm³/mol. The molecule has 2 aromatic carbocycles. The summed E-state index contributed by atoms with van der Waals surface area (Å²) < 4.78 is 18.6. The van der Waals surface area contributed by atoms with Crippen molar-refractivity contribution in [1.29, 1.82) is 0 Å². The zero-order valence-corrected chi connectivity index (χ0v) is 7.83. The number of fused-ring (bicyclic) bond motifs is 3. The summed E-state index contributed by atoms with van der Waals surface area (Å²) in [5.41, 5.74) is 7.73. The third-order valence-corrected chi connectivity index (χ3v) is 2.46. The van der Waals surface area contributed by atoms with Crippen LogP contribution < -0.4 is 5.73 Å². The average Bonchev–Trinajstić information content (AvgIpc) is 2.56. The molecule has 1 aromatic heterocycles. The van der Waals surface area contributed by atoms with Crippen LogP contribution >= 0.6 is 0 Å². The Kier molecular flexibility index (Phi) is 1.51. The van der Waals surface area contributed by atoms with Crippen LogP contribution in [0.1, 0.15) is 0 Å². The molecule has 0 saturated heterocycles. The molecule has 74 valence electrons. The fourth-order valence-electron chi connectivity index (χ4n) is 1.77. The maximum absolute atomic E-state index is 13.1. The summed E-state index contributed by atoms with van der Waals surface area (Å²) in [6.07, 6.45) is 0. The summed E-state index contributed by atoms with van der Waals surface area (Å²) in [6, 6.07) is 9.82. The smallest absolute Gasteiger partial charge is 0.135 e. The van der Waals surface area contributed by atoms with E-state index in [1.54, 1.807) is 24.3 Å². The van der Waals surface area contributed by atoms with Crippen molar-refractivity contribution in [2.75, 3.05) is 5.73 Å². The minimum absolute atomic E-state index is 0.271. The summed E-state index contributed by atoms with van der Waals surface area (Å²) >= 11 is 0. The minimum atomic E-state index is -0.271. The average molecular weight is 201 g/mol. The van der Waals surface area contributed by atoms with Crippen LogP contribution in [0.5, 0.6) is 0 Å². The Morgan fingerprint density at radius 2 is 1.60 bits per heavy atom. The van der Waals surface area contributed by atoms with Gasteiger partial charge < -0.3 is 10.2 Å². The molecule has 15 heavy (non-hydrogen) atoms. The van der Waals surface area contributed by atoms with Gasteiger partial charge in [-0.15, -0.1) is 0 Å². The number of nitrogen functional groups attached to an aromatic ring is 1. The van der Waals surface area contributed by atoms with Crippen molar-refractivity contribution in [3.05, 3.63) is 42.2 Å². The van der Waals surface area contributed by atoms with Gasteiger partial charge in [-0.1, -0.05) is 0 Å². The first-order valence-electron chi connectivity index (χ1n) is 4.61. The molecule has 3 rings (SSSR count). The van der Waals surface area contributed by atoms with E-state index in [9.17, 15) is 4.39 Å². The van der Waals surface area contributed by atoms with Gasteiger partial charge in [-0.25, -0.2) is 4.39 Å². The van der Waals surface area contributed by atoms with Crippen molar-refractivity contribution in [3.8, 4) is 0 Å². The lowest BCUT2D eigenvalue weighted by Gasteiger charge is -1.92. The Hall–Kier alpha value is -2.03. The topological polar surface area (TPSA) is 39.2 Å². The molecule has 0 atom stereocenters. The molecule has 0 bridgehead atoms. The standard InChI is InChI=1S/C12H8FNO/c13-7-1-3-11-9(5-7)10-6-8(14)2-4-12(10)15-11/h1-6H,14H2. The first-order chi connectivity index (χ1) is 7.24. The van der Waals surface area contributed by atoms with Gasteiger partial charge in [-0.3, -0.25) is 0 Å². The summed E-state index contributed by atoms with van der Waals surface area (Å²) in [5.74, 6) is -0.271. The summed E-state index contributed by atoms with van der Waals surface area (Å²) in [5, 5.41) is 1.61. The van der Waals surface area contributed by atoms with Gasteiger partial charge in [-0.2, -0.15) is 0 Å². The van der Waals surface area contributed by atoms with Crippen LogP contribution in [0.25, 0.3) is 21.9 Å². The lowest BCUT2D eigenvalue weighted by Crippen LogP contribution is -1.81. The van der Waals surface area contributed by atoms with E-state index in [0.717, 1.165) is 16.4 Å². The number of anilines is 1. The molecule has 1 heterocycles. The number of nitrogens with two attached hydrogens (primary N) is 1. The van der Waals surface area contributed by atoms with E-state index in [2.05, 4.69) is 0 Å². The highest BCUT2D eigenvalue weighted by molar-refractivity contribution is 6.05. The van der Waals surface area contributed by atoms with E-state index in [4.69, 9.17) is 10.2 Å². The van der Waals surface area contributed by atoms with Crippen molar-refractivity contribution in [2.24, 2.45) is 0 Å². The van der Waals surface area contributed by atoms with Crippen molar-refractivity contribution in [3.63, 3.8) is 0 Å². The molecule has 3 heteroatoms. The molecule has 0 unspecified atom stereocenters. The summed E-state index contributed by atoms with van der Waals surface area (Å²) in [6.45, 7) is 0. The molecule has 0 saturated carbocycles. The first-order valence-corrected chi connectivity index (χ1v) is 4.61. The number of benzene rings is 2. The van der Waals surface area contributed by atoms with Crippen molar-refractivity contribution < 1.29 is 8.81 Å². The molecule has 0 aliphatic carbocycles. The molecule has 2 N–H and O–H groups in total. The maximum Gasteiger partial charge on any atom is 0.135 e. The second kappa shape index (κ2) is 2.73. The Labute approximate surface area is 85.1 Å². The SMILES string of the molecule is Nc1ccc2oc3ccc(F)cc3c2c1. The van der Waals surface area contributed by atoms with E-state index in [1.165, 1.54) is 12.1 Å². The van der Waals surface area contributed by atoms with Gasteiger partial charge in [0.05, 0.1) is 0 Å². The zero-order valence-electron chi connectivity index (χ0n) is 7.83. The number of halogens is 1. The molecule has 2 nitrogen and oxygen atoms in total. The highest BCUT2D eigenvalue weighted by atomic mass is 19.1. The maximum atomic E-state index is 13.1. The highest BCUT2D eigenvalue weighted by Gasteiger charge is 2.07. The van der Waals surface area contributed by atoms with Crippen LogP contribution in [0.2, 0.25) is 0 Å². The number of furan rings is 1. The predicted octanol–water partition coefficient (Wildman–Crippen LogP) is 3.31. The van der Waals surface area contributed by atoms with E-state index in [0.29, 0.717) is 11.3 Å². The van der Waals surface area contributed by atoms with Gasteiger partial charge in [0.2, 0.25) is 0 Å². The lowest BCUT2D eigenvalue weighted by atomic mass is 10.1. The zero-order chi connectivity index (χ0) is 10.4. The van der Waals surface area contributed by atoms with Gasteiger partial charge in [-0.05, 0) is 36.4 Å². The minimum Gasteiger partial charge on any atom is -0.456 e.